The minimum atomic E-state index is -0.653. The molecule has 1 N–H and O–H groups in total. The van der Waals surface area contributed by atoms with Gasteiger partial charge in [0.25, 0.3) is 11.7 Å². The van der Waals surface area contributed by atoms with E-state index in [0.717, 1.165) is 50.4 Å². The molecule has 174 valence electrons. The summed E-state index contributed by atoms with van der Waals surface area (Å²) in [5, 5.41) is 11.1. The lowest BCUT2D eigenvalue weighted by atomic mass is 9.94. The molecule has 0 radical (unpaired) electrons. The Morgan fingerprint density at radius 1 is 1.03 bits per heavy atom. The number of aliphatic hydroxyl groups is 1. The van der Waals surface area contributed by atoms with Crippen LogP contribution < -0.4 is 4.74 Å². The first-order valence-electron chi connectivity index (χ1n) is 11.3. The molecule has 1 amide bonds. The normalized spacial score (nSPS) is 20.9. The zero-order valence-corrected chi connectivity index (χ0v) is 19.1. The molecule has 2 aliphatic rings. The van der Waals surface area contributed by atoms with Gasteiger partial charge in [-0.05, 0) is 43.2 Å². The van der Waals surface area contributed by atoms with Gasteiger partial charge in [-0.15, -0.1) is 0 Å². The van der Waals surface area contributed by atoms with Crippen LogP contribution in [0.5, 0.6) is 5.75 Å². The van der Waals surface area contributed by atoms with Gasteiger partial charge in [-0.25, -0.2) is 0 Å². The maximum atomic E-state index is 13.1. The van der Waals surface area contributed by atoms with Gasteiger partial charge in [0, 0.05) is 31.7 Å². The molecule has 2 aromatic rings. The smallest absolute Gasteiger partial charge is 0.295 e. The fourth-order valence-electron chi connectivity index (χ4n) is 4.40. The van der Waals surface area contributed by atoms with Crippen LogP contribution in [0.1, 0.15) is 29.2 Å². The number of benzene rings is 2. The highest BCUT2D eigenvalue weighted by atomic mass is 16.5. The molecule has 0 bridgehead atoms. The molecule has 7 heteroatoms. The molecule has 0 aliphatic carbocycles. The van der Waals surface area contributed by atoms with E-state index in [1.165, 1.54) is 0 Å². The molecule has 2 fully saturated rings. The third kappa shape index (κ3) is 4.94. The molecule has 33 heavy (non-hydrogen) atoms. The van der Waals surface area contributed by atoms with Crippen molar-refractivity contribution in [3.63, 3.8) is 0 Å². The first-order valence-corrected chi connectivity index (χ1v) is 11.3. The van der Waals surface area contributed by atoms with Crippen molar-refractivity contribution in [2.45, 2.75) is 19.4 Å². The van der Waals surface area contributed by atoms with Gasteiger partial charge in [-0.2, -0.15) is 0 Å². The number of nitrogens with zero attached hydrogens (tertiary/aromatic N) is 2. The number of carbonyl (C=O) groups is 2. The second-order valence-electron chi connectivity index (χ2n) is 8.44. The van der Waals surface area contributed by atoms with E-state index in [-0.39, 0.29) is 11.3 Å². The van der Waals surface area contributed by atoms with Crippen LogP contribution in [0, 0.1) is 6.92 Å². The number of aliphatic hydroxyl groups excluding tert-OH is 1. The molecule has 1 unspecified atom stereocenters. The standard InChI is InChI=1S/C26H30N2O5/c1-18-4-6-19(7-5-18)23-22(24(29)20-8-10-21(32-2)11-9-20)25(30)26(31)28(23)13-3-12-27-14-16-33-17-15-27/h4-11,23,29H,3,12-17H2,1-2H3/b24-22+. The van der Waals surface area contributed by atoms with E-state index in [2.05, 4.69) is 4.90 Å². The minimum absolute atomic E-state index is 0.125. The molecule has 1 atom stereocenters. The van der Waals surface area contributed by atoms with Crippen LogP contribution >= 0.6 is 0 Å². The molecule has 2 saturated heterocycles. The van der Waals surface area contributed by atoms with Crippen molar-refractivity contribution in [1.82, 2.24) is 9.80 Å². The number of methoxy groups -OCH3 is 1. The van der Waals surface area contributed by atoms with Gasteiger partial charge < -0.3 is 19.5 Å². The maximum Gasteiger partial charge on any atom is 0.295 e. The summed E-state index contributed by atoms with van der Waals surface area (Å²) >= 11 is 0. The summed E-state index contributed by atoms with van der Waals surface area (Å²) in [6.45, 7) is 6.42. The summed E-state index contributed by atoms with van der Waals surface area (Å²) in [5.74, 6) is -0.750. The number of aryl methyl sites for hydroxylation is 1. The third-order valence-corrected chi connectivity index (χ3v) is 6.27. The highest BCUT2D eigenvalue weighted by Gasteiger charge is 2.45. The molecular formula is C26H30N2O5. The summed E-state index contributed by atoms with van der Waals surface area (Å²) in [7, 11) is 1.56. The van der Waals surface area contributed by atoms with Gasteiger partial charge in [0.15, 0.2) is 0 Å². The average molecular weight is 451 g/mol. The summed E-state index contributed by atoms with van der Waals surface area (Å²) in [4.78, 5) is 30.1. The number of Topliss-reactive ketones (excluding diaryl/α,β-unsaturated/α-hetero) is 1. The number of rotatable bonds is 7. The van der Waals surface area contributed by atoms with Gasteiger partial charge in [-0.3, -0.25) is 14.5 Å². The van der Waals surface area contributed by atoms with E-state index < -0.39 is 17.7 Å². The van der Waals surface area contributed by atoms with Crippen LogP contribution in [-0.2, 0) is 14.3 Å². The van der Waals surface area contributed by atoms with E-state index in [4.69, 9.17) is 9.47 Å². The Balaban J connectivity index is 1.65. The Morgan fingerprint density at radius 2 is 1.70 bits per heavy atom. The molecule has 0 aromatic heterocycles. The molecule has 0 saturated carbocycles. The maximum absolute atomic E-state index is 13.1. The van der Waals surface area contributed by atoms with E-state index in [1.807, 2.05) is 31.2 Å². The first-order chi connectivity index (χ1) is 16.0. The number of amides is 1. The fourth-order valence-corrected chi connectivity index (χ4v) is 4.40. The lowest BCUT2D eigenvalue weighted by molar-refractivity contribution is -0.140. The van der Waals surface area contributed by atoms with Crippen molar-refractivity contribution in [2.24, 2.45) is 0 Å². The zero-order valence-electron chi connectivity index (χ0n) is 19.1. The Morgan fingerprint density at radius 3 is 2.33 bits per heavy atom. The third-order valence-electron chi connectivity index (χ3n) is 6.27. The van der Waals surface area contributed by atoms with Gasteiger partial charge in [-0.1, -0.05) is 29.8 Å². The number of likely N-dealkylation sites (tertiary alicyclic amines) is 1. The second kappa shape index (κ2) is 10.2. The lowest BCUT2D eigenvalue weighted by Crippen LogP contribution is -2.38. The van der Waals surface area contributed by atoms with Crippen LogP contribution in [0.25, 0.3) is 5.76 Å². The molecule has 0 spiro atoms. The Kier molecular flexibility index (Phi) is 7.11. The molecule has 2 heterocycles. The summed E-state index contributed by atoms with van der Waals surface area (Å²) in [5.41, 5.74) is 2.49. The summed E-state index contributed by atoms with van der Waals surface area (Å²) in [6.07, 6.45) is 0.734. The Hall–Kier alpha value is -3.16. The second-order valence-corrected chi connectivity index (χ2v) is 8.44. The summed E-state index contributed by atoms with van der Waals surface area (Å²) in [6, 6.07) is 13.9. The van der Waals surface area contributed by atoms with Crippen molar-refractivity contribution in [3.8, 4) is 5.75 Å². The van der Waals surface area contributed by atoms with Gasteiger partial charge in [0.2, 0.25) is 0 Å². The predicted octanol–water partition coefficient (Wildman–Crippen LogP) is 3.15. The van der Waals surface area contributed by atoms with Gasteiger partial charge in [0.05, 0.1) is 31.9 Å². The predicted molar refractivity (Wildman–Crippen MR) is 125 cm³/mol. The van der Waals surface area contributed by atoms with Crippen LogP contribution in [0.3, 0.4) is 0 Å². The van der Waals surface area contributed by atoms with Crippen molar-refractivity contribution < 1.29 is 24.2 Å². The molecular weight excluding hydrogens is 420 g/mol. The van der Waals surface area contributed by atoms with E-state index in [1.54, 1.807) is 36.3 Å². The average Bonchev–Trinajstić information content (AvgIpc) is 3.10. The largest absolute Gasteiger partial charge is 0.507 e. The quantitative estimate of drug-likeness (QED) is 0.397. The van der Waals surface area contributed by atoms with Crippen LogP contribution in [0.4, 0.5) is 0 Å². The summed E-state index contributed by atoms with van der Waals surface area (Å²) < 4.78 is 10.6. The van der Waals surface area contributed by atoms with E-state index >= 15 is 0 Å². The molecule has 2 aliphatic heterocycles. The Labute approximate surface area is 194 Å². The lowest BCUT2D eigenvalue weighted by Gasteiger charge is -2.29. The fraction of sp³-hybridized carbons (Fsp3) is 0.385. The topological polar surface area (TPSA) is 79.3 Å². The van der Waals surface area contributed by atoms with Crippen LogP contribution in [0.2, 0.25) is 0 Å². The highest BCUT2D eigenvalue weighted by Crippen LogP contribution is 2.39. The van der Waals surface area contributed by atoms with Crippen molar-refractivity contribution in [1.29, 1.82) is 0 Å². The number of ketones is 1. The van der Waals surface area contributed by atoms with Crippen molar-refractivity contribution >= 4 is 17.4 Å². The van der Waals surface area contributed by atoms with Crippen LogP contribution in [0.15, 0.2) is 54.1 Å². The zero-order chi connectivity index (χ0) is 23.4. The SMILES string of the molecule is COc1ccc(/C(O)=C2\C(=O)C(=O)N(CCCN3CCOCC3)C2c2ccc(C)cc2)cc1. The van der Waals surface area contributed by atoms with E-state index in [0.29, 0.717) is 17.9 Å². The van der Waals surface area contributed by atoms with Crippen molar-refractivity contribution in [3.05, 3.63) is 70.8 Å². The highest BCUT2D eigenvalue weighted by molar-refractivity contribution is 6.46. The van der Waals surface area contributed by atoms with Gasteiger partial charge >= 0.3 is 0 Å². The number of hydrogen-bond acceptors (Lipinski definition) is 6. The molecule has 2 aromatic carbocycles. The molecule has 7 nitrogen and oxygen atoms in total. The Bertz CT molecular complexity index is 1020. The van der Waals surface area contributed by atoms with Crippen molar-refractivity contribution in [2.75, 3.05) is 46.5 Å². The van der Waals surface area contributed by atoms with Crippen LogP contribution in [-0.4, -0.2) is 73.1 Å². The number of carbonyl (C=O) groups excluding carboxylic acids is 2. The van der Waals surface area contributed by atoms with Gasteiger partial charge in [0.1, 0.15) is 11.5 Å². The number of hydrogen-bond donors (Lipinski definition) is 1. The minimum Gasteiger partial charge on any atom is -0.507 e. The number of ether oxygens (including phenoxy) is 2. The molecule has 4 rings (SSSR count). The first kappa shape index (κ1) is 23.0. The number of morpholine rings is 1. The van der Waals surface area contributed by atoms with E-state index in [9.17, 15) is 14.7 Å². The monoisotopic (exact) mass is 450 g/mol.